The normalized spacial score (nSPS) is 22.4. The standard InChI is InChI=1S/C15H20ClNO/c1-10-5-4-6-11(2)14(10)15(18)17(3)9-12-7-13(16)8-12/h4-6,12-13H,7-9H2,1-3H3. The summed E-state index contributed by atoms with van der Waals surface area (Å²) < 4.78 is 0. The molecule has 1 amide bonds. The Kier molecular flexibility index (Phi) is 3.96. The maximum atomic E-state index is 12.4. The molecule has 3 heteroatoms. The summed E-state index contributed by atoms with van der Waals surface area (Å²) in [5.74, 6) is 0.703. The number of benzene rings is 1. The van der Waals surface area contributed by atoms with Gasteiger partial charge in [0, 0.05) is 24.5 Å². The second-order valence-electron chi connectivity index (χ2n) is 5.39. The fourth-order valence-corrected chi connectivity index (χ4v) is 3.12. The Balaban J connectivity index is 2.06. The average Bonchev–Trinajstić information content (AvgIpc) is 2.26. The Morgan fingerprint density at radius 3 is 2.39 bits per heavy atom. The van der Waals surface area contributed by atoms with Crippen molar-refractivity contribution in [1.29, 1.82) is 0 Å². The minimum absolute atomic E-state index is 0.128. The maximum absolute atomic E-state index is 12.4. The first-order valence-electron chi connectivity index (χ1n) is 6.44. The molecule has 0 spiro atoms. The molecule has 1 saturated carbocycles. The summed E-state index contributed by atoms with van der Waals surface area (Å²) in [6.07, 6.45) is 2.07. The van der Waals surface area contributed by atoms with Crippen LogP contribution < -0.4 is 0 Å². The first-order valence-corrected chi connectivity index (χ1v) is 6.88. The first kappa shape index (κ1) is 13.4. The Morgan fingerprint density at radius 1 is 1.33 bits per heavy atom. The zero-order chi connectivity index (χ0) is 13.3. The SMILES string of the molecule is Cc1cccc(C)c1C(=O)N(C)CC1CC(Cl)C1. The van der Waals surface area contributed by atoms with E-state index >= 15 is 0 Å². The van der Waals surface area contributed by atoms with Crippen LogP contribution in [0.1, 0.15) is 34.3 Å². The van der Waals surface area contributed by atoms with Gasteiger partial charge >= 0.3 is 0 Å². The predicted octanol–water partition coefficient (Wildman–Crippen LogP) is 3.39. The summed E-state index contributed by atoms with van der Waals surface area (Å²) >= 11 is 5.97. The smallest absolute Gasteiger partial charge is 0.254 e. The summed E-state index contributed by atoms with van der Waals surface area (Å²) in [4.78, 5) is 14.3. The minimum atomic E-state index is 0.128. The lowest BCUT2D eigenvalue weighted by molar-refractivity contribution is 0.0745. The lowest BCUT2D eigenvalue weighted by Crippen LogP contribution is -2.38. The molecule has 0 N–H and O–H groups in total. The summed E-state index contributed by atoms with van der Waals surface area (Å²) in [6, 6.07) is 5.98. The van der Waals surface area contributed by atoms with Gasteiger partial charge in [0.2, 0.25) is 0 Å². The molecule has 0 atom stereocenters. The van der Waals surface area contributed by atoms with Crippen molar-refractivity contribution in [2.24, 2.45) is 5.92 Å². The van der Waals surface area contributed by atoms with Crippen molar-refractivity contribution in [2.75, 3.05) is 13.6 Å². The van der Waals surface area contributed by atoms with Crippen LogP contribution in [-0.4, -0.2) is 29.8 Å². The third-order valence-electron chi connectivity index (χ3n) is 3.75. The topological polar surface area (TPSA) is 20.3 Å². The van der Waals surface area contributed by atoms with Gasteiger partial charge < -0.3 is 4.90 Å². The third kappa shape index (κ3) is 2.69. The number of hydrogen-bond acceptors (Lipinski definition) is 1. The molecule has 0 aliphatic heterocycles. The predicted molar refractivity (Wildman–Crippen MR) is 75.2 cm³/mol. The van der Waals surface area contributed by atoms with Crippen molar-refractivity contribution in [3.8, 4) is 0 Å². The van der Waals surface area contributed by atoms with Crippen molar-refractivity contribution < 1.29 is 4.79 Å². The molecule has 0 radical (unpaired) electrons. The minimum Gasteiger partial charge on any atom is -0.341 e. The van der Waals surface area contributed by atoms with Gasteiger partial charge in [-0.1, -0.05) is 18.2 Å². The van der Waals surface area contributed by atoms with Gasteiger partial charge in [-0.2, -0.15) is 0 Å². The number of hydrogen-bond donors (Lipinski definition) is 0. The summed E-state index contributed by atoms with van der Waals surface area (Å²) in [5, 5.41) is 0.318. The second kappa shape index (κ2) is 5.31. The molecule has 0 unspecified atom stereocenters. The quantitative estimate of drug-likeness (QED) is 0.767. The number of carbonyl (C=O) groups excluding carboxylic acids is 1. The Bertz CT molecular complexity index is 432. The summed E-state index contributed by atoms with van der Waals surface area (Å²) in [5.41, 5.74) is 2.95. The van der Waals surface area contributed by atoms with Gasteiger partial charge in [0.15, 0.2) is 0 Å². The van der Waals surface area contributed by atoms with Crippen LogP contribution in [0.15, 0.2) is 18.2 Å². The summed E-state index contributed by atoms with van der Waals surface area (Å²) in [6.45, 7) is 4.80. The van der Waals surface area contributed by atoms with Crippen LogP contribution >= 0.6 is 11.6 Å². The molecule has 1 aromatic rings. The molecular formula is C15H20ClNO. The molecule has 1 aromatic carbocycles. The van der Waals surface area contributed by atoms with Crippen molar-refractivity contribution >= 4 is 17.5 Å². The van der Waals surface area contributed by atoms with E-state index < -0.39 is 0 Å². The highest BCUT2D eigenvalue weighted by molar-refractivity contribution is 6.21. The zero-order valence-corrected chi connectivity index (χ0v) is 12.0. The van der Waals surface area contributed by atoms with Crippen LogP contribution in [0.5, 0.6) is 0 Å². The van der Waals surface area contributed by atoms with Crippen LogP contribution in [0.25, 0.3) is 0 Å². The number of alkyl halides is 1. The van der Waals surface area contributed by atoms with Gasteiger partial charge in [-0.15, -0.1) is 11.6 Å². The molecule has 2 rings (SSSR count). The third-order valence-corrected chi connectivity index (χ3v) is 4.11. The molecule has 0 saturated heterocycles. The Labute approximate surface area is 114 Å². The second-order valence-corrected chi connectivity index (χ2v) is 6.00. The van der Waals surface area contributed by atoms with Crippen molar-refractivity contribution in [2.45, 2.75) is 32.1 Å². The fourth-order valence-electron chi connectivity index (χ4n) is 2.62. The molecule has 2 nitrogen and oxygen atoms in total. The molecule has 0 bridgehead atoms. The van der Waals surface area contributed by atoms with Crippen LogP contribution in [0.4, 0.5) is 0 Å². The van der Waals surface area contributed by atoms with E-state index in [4.69, 9.17) is 11.6 Å². The monoisotopic (exact) mass is 265 g/mol. The number of rotatable bonds is 3. The molecule has 1 aliphatic rings. The molecule has 18 heavy (non-hydrogen) atoms. The van der Waals surface area contributed by atoms with Crippen molar-refractivity contribution in [3.63, 3.8) is 0 Å². The number of nitrogens with zero attached hydrogens (tertiary/aromatic N) is 1. The molecule has 98 valence electrons. The molecular weight excluding hydrogens is 246 g/mol. The fraction of sp³-hybridized carbons (Fsp3) is 0.533. The van der Waals surface area contributed by atoms with E-state index in [1.165, 1.54) is 0 Å². The molecule has 1 fully saturated rings. The lowest BCUT2D eigenvalue weighted by atomic mass is 9.84. The highest BCUT2D eigenvalue weighted by Gasteiger charge is 2.29. The largest absolute Gasteiger partial charge is 0.341 e. The lowest BCUT2D eigenvalue weighted by Gasteiger charge is -2.34. The van der Waals surface area contributed by atoms with E-state index in [1.54, 1.807) is 0 Å². The van der Waals surface area contributed by atoms with Crippen LogP contribution in [0, 0.1) is 19.8 Å². The van der Waals surface area contributed by atoms with Crippen molar-refractivity contribution in [3.05, 3.63) is 34.9 Å². The van der Waals surface area contributed by atoms with E-state index in [2.05, 4.69) is 0 Å². The van der Waals surface area contributed by atoms with Crippen LogP contribution in [0.3, 0.4) is 0 Å². The first-order chi connectivity index (χ1) is 8.49. The summed E-state index contributed by atoms with van der Waals surface area (Å²) in [7, 11) is 1.88. The van der Waals surface area contributed by atoms with Crippen LogP contribution in [0.2, 0.25) is 0 Å². The van der Waals surface area contributed by atoms with E-state index in [9.17, 15) is 4.79 Å². The van der Waals surface area contributed by atoms with E-state index in [-0.39, 0.29) is 5.91 Å². The Hall–Kier alpha value is -1.02. The van der Waals surface area contributed by atoms with Crippen LogP contribution in [-0.2, 0) is 0 Å². The molecule has 1 aliphatic carbocycles. The van der Waals surface area contributed by atoms with Gasteiger partial charge in [0.05, 0.1) is 0 Å². The number of carbonyl (C=O) groups is 1. The molecule has 0 heterocycles. The maximum Gasteiger partial charge on any atom is 0.254 e. The average molecular weight is 266 g/mol. The highest BCUT2D eigenvalue weighted by atomic mass is 35.5. The Morgan fingerprint density at radius 2 is 1.89 bits per heavy atom. The van der Waals surface area contributed by atoms with E-state index in [1.807, 2.05) is 44.0 Å². The number of aryl methyl sites for hydroxylation is 2. The van der Waals surface area contributed by atoms with Gasteiger partial charge in [-0.25, -0.2) is 0 Å². The van der Waals surface area contributed by atoms with Gasteiger partial charge in [0.25, 0.3) is 5.91 Å². The van der Waals surface area contributed by atoms with Crippen molar-refractivity contribution in [1.82, 2.24) is 4.90 Å². The van der Waals surface area contributed by atoms with E-state index in [0.29, 0.717) is 11.3 Å². The number of amides is 1. The van der Waals surface area contributed by atoms with Gasteiger partial charge in [0.1, 0.15) is 0 Å². The number of halogens is 1. The van der Waals surface area contributed by atoms with Gasteiger partial charge in [-0.05, 0) is 43.7 Å². The highest BCUT2D eigenvalue weighted by Crippen LogP contribution is 2.32. The van der Waals surface area contributed by atoms with Gasteiger partial charge in [-0.3, -0.25) is 4.79 Å². The van der Waals surface area contributed by atoms with E-state index in [0.717, 1.165) is 36.1 Å². The zero-order valence-electron chi connectivity index (χ0n) is 11.2. The molecule has 0 aromatic heterocycles.